The highest BCUT2D eigenvalue weighted by atomic mass is 15.0. The number of fused-ring (bicyclic) bond motifs is 6. The molecule has 15 aromatic rings. The fraction of sp³-hybridized carbons (Fsp3) is 0.304. The van der Waals surface area contributed by atoms with Crippen LogP contribution in [0.25, 0.3) is 88.4 Å². The van der Waals surface area contributed by atoms with Crippen LogP contribution in [0.5, 0.6) is 0 Å². The van der Waals surface area contributed by atoms with E-state index in [0.29, 0.717) is 27.7 Å². The van der Waals surface area contributed by atoms with Crippen molar-refractivity contribution in [1.29, 1.82) is 0 Å². The smallest absolute Gasteiger partial charge is 0.0629 e. The highest BCUT2D eigenvalue weighted by Gasteiger charge is 2.27. The lowest BCUT2D eigenvalue weighted by molar-refractivity contribution is 0.587. The summed E-state index contributed by atoms with van der Waals surface area (Å²) in [5, 5.41) is 5.31. The van der Waals surface area contributed by atoms with Gasteiger partial charge in [-0.15, -0.1) is 0 Å². The Morgan fingerprint density at radius 3 is 0.974 bits per heavy atom. The molecule has 114 heavy (non-hydrogen) atoms. The summed E-state index contributed by atoms with van der Waals surface area (Å²) in [6.45, 7) is 55.7. The van der Waals surface area contributed by atoms with Crippen molar-refractivity contribution >= 4 is 43.6 Å². The molecule has 0 amide bonds. The van der Waals surface area contributed by atoms with Crippen molar-refractivity contribution in [2.24, 2.45) is 0 Å². The average molecular weight is 1520 g/mol. The molecule has 0 spiro atoms. The minimum absolute atomic E-state index is 0.00185. The summed E-state index contributed by atoms with van der Waals surface area (Å²) < 4.78 is 110. The molecule has 0 aliphatic rings. The maximum Gasteiger partial charge on any atom is 0.0629 e. The second-order valence-corrected chi connectivity index (χ2v) is 38.3. The van der Waals surface area contributed by atoms with Gasteiger partial charge in [-0.05, 0) is 190 Å². The van der Waals surface area contributed by atoms with Crippen molar-refractivity contribution in [3.63, 3.8) is 0 Å². The molecule has 2 heteroatoms. The number of nitrogens with zero attached hydrogens (tertiary/aromatic N) is 2. The Morgan fingerprint density at radius 1 is 0.211 bits per heavy atom. The number of aromatic nitrogens is 2. The molecule has 2 nitrogen and oxygen atoms in total. The third kappa shape index (κ3) is 21.7. The van der Waals surface area contributed by atoms with Gasteiger partial charge in [0.1, 0.15) is 0 Å². The zero-order valence-electron chi connectivity index (χ0n) is 85.9. The largest absolute Gasteiger partial charge is 0.309 e. The van der Waals surface area contributed by atoms with Gasteiger partial charge in [0.15, 0.2) is 0 Å². The molecule has 0 atom stereocenters. The summed E-state index contributed by atoms with van der Waals surface area (Å²) in [5.74, 6) is 0. The fourth-order valence-electron chi connectivity index (χ4n) is 13.8. The molecule has 0 N–H and O–H groups in total. The van der Waals surface area contributed by atoms with Crippen LogP contribution in [0.15, 0.2) is 315 Å². The Hall–Kier alpha value is -10.5. The van der Waals surface area contributed by atoms with E-state index in [-0.39, 0.29) is 115 Å². The summed E-state index contributed by atoms with van der Waals surface area (Å²) in [6.07, 6.45) is 0. The van der Waals surface area contributed by atoms with Gasteiger partial charge in [-0.3, -0.25) is 0 Å². The summed E-state index contributed by atoms with van der Waals surface area (Å²) in [4.78, 5) is 0. The highest BCUT2D eigenvalue weighted by molar-refractivity contribution is 6.11. The Kier molecular flexibility index (Phi) is 21.2. The fourth-order valence-corrected chi connectivity index (χ4v) is 13.8. The summed E-state index contributed by atoms with van der Waals surface area (Å²) in [7, 11) is 0. The van der Waals surface area contributed by atoms with E-state index in [1.54, 1.807) is 25.1 Å². The molecule has 0 saturated heterocycles. The molecule has 13 aromatic carbocycles. The predicted molar refractivity (Wildman–Crippen MR) is 503 cm³/mol. The second-order valence-electron chi connectivity index (χ2n) is 38.3. The third-order valence-corrected chi connectivity index (χ3v) is 20.6. The number of benzene rings is 13. The molecule has 0 aliphatic heterocycles. The van der Waals surface area contributed by atoms with Gasteiger partial charge in [0.25, 0.3) is 0 Å². The number of hydrogen-bond acceptors (Lipinski definition) is 0. The van der Waals surface area contributed by atoms with Crippen molar-refractivity contribution in [3.8, 4) is 44.8 Å². The lowest BCUT2D eigenvalue weighted by Gasteiger charge is -2.24. The molecule has 0 bridgehead atoms. The van der Waals surface area contributed by atoms with Crippen LogP contribution in [-0.4, -0.2) is 9.13 Å². The van der Waals surface area contributed by atoms with Crippen LogP contribution >= 0.6 is 0 Å². The Labute approximate surface area is 705 Å². The van der Waals surface area contributed by atoms with Gasteiger partial charge in [0, 0.05) is 32.9 Å². The molecule has 2 aromatic heterocycles. The van der Waals surface area contributed by atoms with E-state index >= 15 is 0 Å². The van der Waals surface area contributed by atoms with Gasteiger partial charge in [0.2, 0.25) is 0 Å². The van der Waals surface area contributed by atoms with Crippen molar-refractivity contribution in [3.05, 3.63) is 371 Å². The van der Waals surface area contributed by atoms with Gasteiger partial charge in [-0.25, -0.2) is 0 Å². The van der Waals surface area contributed by atoms with Crippen LogP contribution in [0.1, 0.15) is 240 Å². The highest BCUT2D eigenvalue weighted by Crippen LogP contribution is 2.42. The van der Waals surface area contributed by atoms with Crippen molar-refractivity contribution < 1.29 is 17.8 Å². The monoisotopic (exact) mass is 1520 g/mol. The standard InChI is InChI=1S/C30H37N.C23H24.C22H21N.C16H18.C11H16.C10H14/c1-28(2,3)20-14-16-25-22(18-20)23-19-21(29(4,5)6)15-17-26(23)31(25)27-13-11-10-12-24(27)30(7,8)9;1-17-10-12-19(13-11-17)21-14-20(18-8-6-5-7-9-18)15-22(16-21)23(2,3)4;1-22(2,3)18-12-6-9-15-21(18)23-19-13-7-4-10-16(19)17-11-5-8-14-20(17)23;1-16(2,3)15-11-9-14(10-12-15)13-7-5-4-6-8-13;1-9-6-5-7-10(8-9)11(2,3)4;1-10(2,3)9-7-5-4-6-8-9/h10-19H,1-9H3;5-16H,1-4H3;4-15H,1-3H3;4-12H,1-3H3;5-8H,1-4H3;4-8H,1-3H3/i;5D,6D,7D,8D,9D,10D,11D,12D,13D;;;5D,6D,7D,8D;. The van der Waals surface area contributed by atoms with E-state index in [2.05, 4.69) is 346 Å². The van der Waals surface area contributed by atoms with Crippen molar-refractivity contribution in [2.45, 2.75) is 223 Å². The molecular formula is C112H130N2. The van der Waals surface area contributed by atoms with Crippen LogP contribution in [0, 0.1) is 13.8 Å². The lowest BCUT2D eigenvalue weighted by atomic mass is 9.83. The quantitative estimate of drug-likeness (QED) is 0.163. The number of hydrogen-bond donors (Lipinski definition) is 0. The van der Waals surface area contributed by atoms with Crippen molar-refractivity contribution in [2.75, 3.05) is 0 Å². The van der Waals surface area contributed by atoms with Gasteiger partial charge in [-0.1, -0.05) is 438 Å². The van der Waals surface area contributed by atoms with Gasteiger partial charge in [-0.2, -0.15) is 0 Å². The molecule has 0 unspecified atom stereocenters. The van der Waals surface area contributed by atoms with E-state index < -0.39 is 18.1 Å². The topological polar surface area (TPSA) is 9.86 Å². The maximum absolute atomic E-state index is 8.44. The summed E-state index contributed by atoms with van der Waals surface area (Å²) in [6, 6.07) is 81.6. The Bertz CT molecular complexity index is 6190. The zero-order chi connectivity index (χ0) is 94.2. The molecule has 0 radical (unpaired) electrons. The zero-order valence-corrected chi connectivity index (χ0v) is 72.9. The minimum Gasteiger partial charge on any atom is -0.309 e. The average Bonchev–Trinajstić information content (AvgIpc) is 1.64. The van der Waals surface area contributed by atoms with Gasteiger partial charge in [0.05, 0.1) is 39.9 Å². The molecule has 15 rings (SSSR count). The summed E-state index contributed by atoms with van der Waals surface area (Å²) >= 11 is 0. The Morgan fingerprint density at radius 2 is 0.561 bits per heavy atom. The first kappa shape index (κ1) is 69.0. The van der Waals surface area contributed by atoms with E-state index in [4.69, 9.17) is 17.8 Å². The summed E-state index contributed by atoms with van der Waals surface area (Å²) in [5.41, 5.74) is 21.7. The molecule has 0 aliphatic carbocycles. The molecule has 588 valence electrons. The van der Waals surface area contributed by atoms with Gasteiger partial charge >= 0.3 is 0 Å². The normalized spacial score (nSPS) is 13.7. The molecule has 2 heterocycles. The lowest BCUT2D eigenvalue weighted by Crippen LogP contribution is -2.15. The van der Waals surface area contributed by atoms with E-state index in [1.165, 1.54) is 106 Å². The van der Waals surface area contributed by atoms with E-state index in [0.717, 1.165) is 5.56 Å². The van der Waals surface area contributed by atoms with Crippen LogP contribution in [0.3, 0.4) is 0 Å². The van der Waals surface area contributed by atoms with Crippen LogP contribution < -0.4 is 0 Å². The first-order valence-corrected chi connectivity index (χ1v) is 40.3. The van der Waals surface area contributed by atoms with Crippen LogP contribution in [-0.2, 0) is 43.3 Å². The van der Waals surface area contributed by atoms with E-state index in [9.17, 15) is 0 Å². The number of rotatable bonds is 5. The van der Waals surface area contributed by atoms with E-state index in [1.807, 2.05) is 47.6 Å². The maximum atomic E-state index is 8.44. The Balaban J connectivity index is 0.000000165. The molecule has 0 fully saturated rings. The molecule has 0 saturated carbocycles. The minimum atomic E-state index is -0.478. The van der Waals surface area contributed by atoms with Crippen LogP contribution in [0.2, 0.25) is 0 Å². The second kappa shape index (κ2) is 35.1. The molecular weight excluding hydrogens is 1370 g/mol. The SMILES string of the molecule is CC(C)(C)c1ccc(-c2ccccc2)cc1.CC(C)(C)c1ccc2c(c1)c1cc(C(C)(C)C)ccc1n2-c1ccccc1C(C)(C)C.CC(C)(C)c1ccccc1.CC(C)(C)c1ccccc1-n1c2ccccc2c2ccccc21.[2H]c1c([2H])c(C)c([2H])c(C(C)(C)C)c1[2H].[2H]c1c([2H])c([2H])c(-c2cc(-c3c([2H])c([2H])c(C)c([2H])c3[2H])cc(C(C)(C)C)c2)c([2H])c1[2H]. The predicted octanol–water partition coefficient (Wildman–Crippen LogP) is 32.3. The third-order valence-electron chi connectivity index (χ3n) is 20.6. The number of para-hydroxylation sites is 4. The van der Waals surface area contributed by atoms with Crippen molar-refractivity contribution in [1.82, 2.24) is 9.13 Å². The first-order valence-electron chi connectivity index (χ1n) is 46.8. The van der Waals surface area contributed by atoms with Gasteiger partial charge < -0.3 is 9.13 Å². The first-order chi connectivity index (χ1) is 58.9. The van der Waals surface area contributed by atoms with Crippen LogP contribution in [0.4, 0.5) is 0 Å².